The van der Waals surface area contributed by atoms with Crippen LogP contribution in [0.15, 0.2) is 12.1 Å². The summed E-state index contributed by atoms with van der Waals surface area (Å²) in [4.78, 5) is 13.6. The Morgan fingerprint density at radius 3 is 2.30 bits per heavy atom. The summed E-state index contributed by atoms with van der Waals surface area (Å²) in [6.07, 6.45) is 0. The molecule has 1 aliphatic rings. The summed E-state index contributed by atoms with van der Waals surface area (Å²) in [5, 5.41) is -0.0396. The van der Waals surface area contributed by atoms with Crippen LogP contribution in [0.4, 0.5) is 0 Å². The van der Waals surface area contributed by atoms with Crippen LogP contribution in [0.25, 0.3) is 0 Å². The minimum absolute atomic E-state index is 0.0396. The van der Waals surface area contributed by atoms with Crippen LogP contribution < -0.4 is 14.2 Å². The summed E-state index contributed by atoms with van der Waals surface area (Å²) < 4.78 is 16.1. The highest BCUT2D eigenvalue weighted by Crippen LogP contribution is 2.45. The van der Waals surface area contributed by atoms with E-state index in [1.54, 1.807) is 46.1 Å². The lowest BCUT2D eigenvalue weighted by molar-refractivity contribution is -0.128. The van der Waals surface area contributed by atoms with Gasteiger partial charge in [0, 0.05) is 30.9 Å². The lowest BCUT2D eigenvalue weighted by Gasteiger charge is -2.25. The van der Waals surface area contributed by atoms with Crippen LogP contribution in [0.1, 0.15) is 17.9 Å². The summed E-state index contributed by atoms with van der Waals surface area (Å²) >= 11 is 1.72. The molecule has 0 bridgehead atoms. The summed E-state index contributed by atoms with van der Waals surface area (Å²) in [5.74, 6) is 2.94. The van der Waals surface area contributed by atoms with E-state index < -0.39 is 0 Å². The average molecular weight is 297 g/mol. The number of ether oxygens (including phenoxy) is 3. The van der Waals surface area contributed by atoms with E-state index in [-0.39, 0.29) is 11.3 Å². The minimum atomic E-state index is -0.0396. The fourth-order valence-electron chi connectivity index (χ4n) is 2.30. The van der Waals surface area contributed by atoms with Gasteiger partial charge in [0.25, 0.3) is 0 Å². The van der Waals surface area contributed by atoms with E-state index >= 15 is 0 Å². The van der Waals surface area contributed by atoms with Gasteiger partial charge in [-0.15, -0.1) is 11.8 Å². The standard InChI is InChI=1S/C14H19NO4S/c1-9(16)15-5-6-20-14(15)10-7-12(18-3)13(19-4)8-11(10)17-2/h7-8,14H,5-6H2,1-4H3. The number of methoxy groups -OCH3 is 3. The summed E-state index contributed by atoms with van der Waals surface area (Å²) in [6.45, 7) is 2.34. The van der Waals surface area contributed by atoms with Gasteiger partial charge in [-0.2, -0.15) is 0 Å². The van der Waals surface area contributed by atoms with E-state index in [2.05, 4.69) is 0 Å². The van der Waals surface area contributed by atoms with Gasteiger partial charge in [-0.3, -0.25) is 4.79 Å². The first-order valence-corrected chi connectivity index (χ1v) is 7.36. The molecular formula is C14H19NO4S. The Hall–Kier alpha value is -1.56. The van der Waals surface area contributed by atoms with Crippen molar-refractivity contribution in [2.45, 2.75) is 12.3 Å². The largest absolute Gasteiger partial charge is 0.496 e. The van der Waals surface area contributed by atoms with Gasteiger partial charge in [0.2, 0.25) is 5.91 Å². The molecule has 1 atom stereocenters. The molecular weight excluding hydrogens is 278 g/mol. The Balaban J connectivity index is 2.46. The van der Waals surface area contributed by atoms with E-state index in [4.69, 9.17) is 14.2 Å². The second kappa shape index (κ2) is 6.26. The zero-order valence-corrected chi connectivity index (χ0v) is 13.0. The normalized spacial score (nSPS) is 18.0. The molecule has 1 amide bonds. The van der Waals surface area contributed by atoms with Gasteiger partial charge in [-0.1, -0.05) is 0 Å². The van der Waals surface area contributed by atoms with Crippen molar-refractivity contribution in [3.05, 3.63) is 17.7 Å². The molecule has 0 N–H and O–H groups in total. The van der Waals surface area contributed by atoms with Crippen molar-refractivity contribution in [3.8, 4) is 17.2 Å². The Labute approximate surface area is 123 Å². The molecule has 6 heteroatoms. The molecule has 0 radical (unpaired) electrons. The predicted octanol–water partition coefficient (Wildman–Crippen LogP) is 2.31. The molecule has 1 aliphatic heterocycles. The maximum absolute atomic E-state index is 11.7. The van der Waals surface area contributed by atoms with Crippen molar-refractivity contribution in [1.29, 1.82) is 0 Å². The molecule has 1 aromatic rings. The van der Waals surface area contributed by atoms with Crippen molar-refractivity contribution < 1.29 is 19.0 Å². The number of thioether (sulfide) groups is 1. The maximum Gasteiger partial charge on any atom is 0.220 e. The molecule has 20 heavy (non-hydrogen) atoms. The molecule has 1 saturated heterocycles. The number of carbonyl (C=O) groups is 1. The van der Waals surface area contributed by atoms with Crippen LogP contribution in [-0.4, -0.2) is 44.4 Å². The molecule has 2 rings (SSSR count). The monoisotopic (exact) mass is 297 g/mol. The van der Waals surface area contributed by atoms with Crippen molar-refractivity contribution in [2.24, 2.45) is 0 Å². The van der Waals surface area contributed by atoms with Gasteiger partial charge in [-0.05, 0) is 6.07 Å². The van der Waals surface area contributed by atoms with E-state index in [0.717, 1.165) is 17.9 Å². The van der Waals surface area contributed by atoms with Crippen LogP contribution in [0, 0.1) is 0 Å². The first kappa shape index (κ1) is 14.8. The molecule has 0 aromatic heterocycles. The molecule has 1 heterocycles. The maximum atomic E-state index is 11.7. The summed E-state index contributed by atoms with van der Waals surface area (Å²) in [5.41, 5.74) is 0.933. The van der Waals surface area contributed by atoms with Gasteiger partial charge in [0.1, 0.15) is 11.1 Å². The number of hydrogen-bond acceptors (Lipinski definition) is 5. The molecule has 1 aromatic carbocycles. The van der Waals surface area contributed by atoms with Crippen molar-refractivity contribution in [1.82, 2.24) is 4.90 Å². The molecule has 0 spiro atoms. The number of benzene rings is 1. The van der Waals surface area contributed by atoms with Crippen molar-refractivity contribution in [2.75, 3.05) is 33.6 Å². The topological polar surface area (TPSA) is 48.0 Å². The number of rotatable bonds is 4. The fourth-order valence-corrected chi connectivity index (χ4v) is 3.62. The van der Waals surface area contributed by atoms with Crippen molar-refractivity contribution >= 4 is 17.7 Å². The van der Waals surface area contributed by atoms with Gasteiger partial charge >= 0.3 is 0 Å². The number of carbonyl (C=O) groups excluding carboxylic acids is 1. The molecule has 5 nitrogen and oxygen atoms in total. The number of hydrogen-bond donors (Lipinski definition) is 0. The van der Waals surface area contributed by atoms with Crippen LogP contribution in [0.3, 0.4) is 0 Å². The van der Waals surface area contributed by atoms with Crippen molar-refractivity contribution in [3.63, 3.8) is 0 Å². The number of amides is 1. The molecule has 0 saturated carbocycles. The van der Waals surface area contributed by atoms with Gasteiger partial charge in [0.15, 0.2) is 11.5 Å². The average Bonchev–Trinajstić information content (AvgIpc) is 2.95. The lowest BCUT2D eigenvalue weighted by Crippen LogP contribution is -2.28. The Morgan fingerprint density at radius 1 is 1.15 bits per heavy atom. The van der Waals surface area contributed by atoms with Gasteiger partial charge in [-0.25, -0.2) is 0 Å². The molecule has 0 aliphatic carbocycles. The third-order valence-electron chi connectivity index (χ3n) is 3.30. The zero-order valence-electron chi connectivity index (χ0n) is 12.1. The third-order valence-corrected chi connectivity index (χ3v) is 4.54. The van der Waals surface area contributed by atoms with Crippen LogP contribution in [-0.2, 0) is 4.79 Å². The van der Waals surface area contributed by atoms with Crippen LogP contribution in [0.2, 0.25) is 0 Å². The van der Waals surface area contributed by atoms with Crippen LogP contribution >= 0.6 is 11.8 Å². The second-order valence-electron chi connectivity index (χ2n) is 4.38. The van der Waals surface area contributed by atoms with E-state index in [1.165, 1.54) is 0 Å². The lowest BCUT2D eigenvalue weighted by atomic mass is 10.1. The zero-order chi connectivity index (χ0) is 14.7. The SMILES string of the molecule is COc1cc(OC)c(C2SCCN2C(C)=O)cc1OC. The second-order valence-corrected chi connectivity index (χ2v) is 5.57. The highest BCUT2D eigenvalue weighted by atomic mass is 32.2. The summed E-state index contributed by atoms with van der Waals surface area (Å²) in [6, 6.07) is 3.68. The molecule has 110 valence electrons. The summed E-state index contributed by atoms with van der Waals surface area (Å²) in [7, 11) is 4.80. The van der Waals surface area contributed by atoms with E-state index in [1.807, 2.05) is 11.0 Å². The first-order valence-electron chi connectivity index (χ1n) is 6.31. The minimum Gasteiger partial charge on any atom is -0.496 e. The first-order chi connectivity index (χ1) is 9.62. The Morgan fingerprint density at radius 2 is 1.75 bits per heavy atom. The molecule has 1 fully saturated rings. The highest BCUT2D eigenvalue weighted by molar-refractivity contribution is 7.99. The Bertz CT molecular complexity index is 506. The van der Waals surface area contributed by atoms with Crippen LogP contribution in [0.5, 0.6) is 17.2 Å². The highest BCUT2D eigenvalue weighted by Gasteiger charge is 2.31. The smallest absolute Gasteiger partial charge is 0.220 e. The predicted molar refractivity (Wildman–Crippen MR) is 78.7 cm³/mol. The van der Waals surface area contributed by atoms with Gasteiger partial charge < -0.3 is 19.1 Å². The quantitative estimate of drug-likeness (QED) is 0.853. The Kier molecular flexibility index (Phi) is 4.65. The fraction of sp³-hybridized carbons (Fsp3) is 0.500. The number of nitrogens with zero attached hydrogens (tertiary/aromatic N) is 1. The van der Waals surface area contributed by atoms with Gasteiger partial charge in [0.05, 0.1) is 21.3 Å². The molecule has 1 unspecified atom stereocenters. The third kappa shape index (κ3) is 2.65. The van der Waals surface area contributed by atoms with E-state index in [0.29, 0.717) is 17.2 Å². The van der Waals surface area contributed by atoms with E-state index in [9.17, 15) is 4.79 Å².